The quantitative estimate of drug-likeness (QED) is 0.773. The first-order valence-corrected chi connectivity index (χ1v) is 10.4. The third kappa shape index (κ3) is 2.66. The number of hydrogen-bond acceptors (Lipinski definition) is 3. The van der Waals surface area contributed by atoms with Gasteiger partial charge in [-0.05, 0) is 61.2 Å². The van der Waals surface area contributed by atoms with Gasteiger partial charge < -0.3 is 9.64 Å². The van der Waals surface area contributed by atoms with E-state index in [9.17, 15) is 4.79 Å². The highest BCUT2D eigenvalue weighted by atomic mass is 35.5. The van der Waals surface area contributed by atoms with Gasteiger partial charge in [-0.3, -0.25) is 9.69 Å². The van der Waals surface area contributed by atoms with Gasteiger partial charge in [-0.1, -0.05) is 35.9 Å². The number of hydrogen-bond donors (Lipinski definition) is 0. The fourth-order valence-corrected chi connectivity index (χ4v) is 5.93. The third-order valence-corrected chi connectivity index (χ3v) is 7.13. The summed E-state index contributed by atoms with van der Waals surface area (Å²) in [5, 5.41) is 0.726. The number of carbonyl (C=O) groups is 1. The second-order valence-corrected chi connectivity index (χ2v) is 8.69. The Balaban J connectivity index is 1.40. The van der Waals surface area contributed by atoms with Crippen molar-refractivity contribution in [1.29, 1.82) is 0 Å². The number of benzene rings is 2. The second-order valence-electron chi connectivity index (χ2n) is 8.26. The molecule has 3 aliphatic heterocycles. The van der Waals surface area contributed by atoms with Crippen molar-refractivity contribution in [2.75, 3.05) is 20.2 Å². The highest BCUT2D eigenvalue weighted by molar-refractivity contribution is 6.30. The monoisotopic (exact) mass is 396 g/mol. The maximum Gasteiger partial charge on any atom is 0.243 e. The van der Waals surface area contributed by atoms with Crippen LogP contribution in [0.15, 0.2) is 48.5 Å². The summed E-state index contributed by atoms with van der Waals surface area (Å²) in [6, 6.07) is 16.6. The highest BCUT2D eigenvalue weighted by Gasteiger charge is 2.64. The number of amides is 1. The van der Waals surface area contributed by atoms with Gasteiger partial charge in [0.25, 0.3) is 0 Å². The van der Waals surface area contributed by atoms with E-state index in [2.05, 4.69) is 28.0 Å². The minimum absolute atomic E-state index is 0.302. The molecule has 0 aliphatic carbocycles. The van der Waals surface area contributed by atoms with Crippen LogP contribution in [0.4, 0.5) is 0 Å². The molecule has 4 nitrogen and oxygen atoms in total. The van der Waals surface area contributed by atoms with Gasteiger partial charge in [0.05, 0.1) is 7.11 Å². The summed E-state index contributed by atoms with van der Waals surface area (Å²) in [5.74, 6) is 1.58. The van der Waals surface area contributed by atoms with Crippen LogP contribution < -0.4 is 4.74 Å². The van der Waals surface area contributed by atoms with E-state index in [0.717, 1.165) is 48.7 Å². The molecule has 3 heterocycles. The Bertz CT molecular complexity index is 900. The van der Waals surface area contributed by atoms with Crippen LogP contribution in [-0.4, -0.2) is 41.4 Å². The summed E-state index contributed by atoms with van der Waals surface area (Å²) >= 11 is 6.14. The topological polar surface area (TPSA) is 32.8 Å². The maximum absolute atomic E-state index is 13.6. The maximum atomic E-state index is 13.6. The molecule has 28 heavy (non-hydrogen) atoms. The number of methoxy groups -OCH3 is 1. The van der Waals surface area contributed by atoms with Crippen molar-refractivity contribution in [2.45, 2.75) is 37.4 Å². The van der Waals surface area contributed by atoms with Gasteiger partial charge in [0.15, 0.2) is 0 Å². The molecule has 3 aliphatic rings. The molecule has 0 radical (unpaired) electrons. The van der Waals surface area contributed by atoms with Gasteiger partial charge in [0.2, 0.25) is 5.91 Å². The van der Waals surface area contributed by atoms with Crippen LogP contribution in [0.2, 0.25) is 5.02 Å². The fourth-order valence-electron chi connectivity index (χ4n) is 5.71. The Labute approximate surface area is 171 Å². The Hall–Kier alpha value is -2.04. The van der Waals surface area contributed by atoms with E-state index in [1.807, 2.05) is 30.3 Å². The summed E-state index contributed by atoms with van der Waals surface area (Å²) in [4.78, 5) is 18.1. The lowest BCUT2D eigenvalue weighted by Gasteiger charge is -2.33. The van der Waals surface area contributed by atoms with Crippen molar-refractivity contribution in [3.05, 3.63) is 64.7 Å². The van der Waals surface area contributed by atoms with E-state index >= 15 is 0 Å². The predicted molar refractivity (Wildman–Crippen MR) is 109 cm³/mol. The molecule has 0 saturated carbocycles. The van der Waals surface area contributed by atoms with Crippen LogP contribution in [0, 0.1) is 5.92 Å². The van der Waals surface area contributed by atoms with Crippen LogP contribution in [0.1, 0.15) is 36.4 Å². The van der Waals surface area contributed by atoms with Gasteiger partial charge >= 0.3 is 0 Å². The number of likely N-dealkylation sites (tertiary alicyclic amines) is 1. The first-order valence-electron chi connectivity index (χ1n) is 10.1. The summed E-state index contributed by atoms with van der Waals surface area (Å²) in [7, 11) is 1.69. The van der Waals surface area contributed by atoms with Gasteiger partial charge in [0.1, 0.15) is 11.3 Å². The Morgan fingerprint density at radius 1 is 1.21 bits per heavy atom. The molecule has 0 bridgehead atoms. The minimum Gasteiger partial charge on any atom is -0.497 e. The number of ether oxygens (including phenoxy) is 1. The molecule has 1 spiro atoms. The predicted octanol–water partition coefficient (Wildman–Crippen LogP) is 4.29. The largest absolute Gasteiger partial charge is 0.497 e. The lowest BCUT2D eigenvalue weighted by atomic mass is 9.85. The summed E-state index contributed by atoms with van der Waals surface area (Å²) in [6.45, 7) is 2.50. The lowest BCUT2D eigenvalue weighted by Crippen LogP contribution is -2.49. The molecule has 5 heteroatoms. The first kappa shape index (κ1) is 18.0. The average molecular weight is 397 g/mol. The summed E-state index contributed by atoms with van der Waals surface area (Å²) in [5.41, 5.74) is 2.10. The average Bonchev–Trinajstić information content (AvgIpc) is 3.33. The van der Waals surface area contributed by atoms with Gasteiger partial charge in [-0.2, -0.15) is 0 Å². The number of carbonyl (C=O) groups excluding carboxylic acids is 1. The molecular formula is C23H25ClN2O2. The summed E-state index contributed by atoms with van der Waals surface area (Å²) < 4.78 is 5.30. The number of nitrogens with zero attached hydrogens (tertiary/aromatic N) is 2. The number of rotatable bonds is 4. The van der Waals surface area contributed by atoms with Gasteiger partial charge in [-0.15, -0.1) is 0 Å². The smallest absolute Gasteiger partial charge is 0.243 e. The molecule has 146 valence electrons. The van der Waals surface area contributed by atoms with E-state index < -0.39 is 0 Å². The van der Waals surface area contributed by atoms with Crippen LogP contribution in [-0.2, 0) is 11.3 Å². The SMILES string of the molecule is COc1ccc([C@@H]2C[C@H]3CN(Cc4cccc(Cl)c4)C(=O)[C@]34CCCN24)cc1. The fraction of sp³-hybridized carbons (Fsp3) is 0.435. The minimum atomic E-state index is -0.302. The van der Waals surface area contributed by atoms with Crippen LogP contribution in [0.3, 0.4) is 0 Å². The highest BCUT2D eigenvalue weighted by Crippen LogP contribution is 2.56. The zero-order valence-corrected chi connectivity index (χ0v) is 16.9. The van der Waals surface area contributed by atoms with E-state index in [-0.39, 0.29) is 5.54 Å². The molecule has 2 aromatic carbocycles. The van der Waals surface area contributed by atoms with Crippen LogP contribution >= 0.6 is 11.6 Å². The third-order valence-electron chi connectivity index (χ3n) is 6.89. The second kappa shape index (κ2) is 6.78. The standard InChI is InChI=1S/C23H25ClN2O2/c1-28-20-8-6-17(7-9-20)21-13-18-15-25(14-16-4-2-5-19(24)12-16)22(27)23(18)10-3-11-26(21)23/h2,4-9,12,18,21H,3,10-11,13-15H2,1H3/t18-,21-,23-/m0/s1. The van der Waals surface area contributed by atoms with Gasteiger partial charge in [-0.25, -0.2) is 0 Å². The van der Waals surface area contributed by atoms with Gasteiger partial charge in [0, 0.05) is 30.1 Å². The molecule has 0 aromatic heterocycles. The molecule has 1 amide bonds. The normalized spacial score (nSPS) is 29.2. The van der Waals surface area contributed by atoms with Crippen molar-refractivity contribution in [3.8, 4) is 5.75 Å². The molecule has 5 rings (SSSR count). The molecule has 2 aromatic rings. The van der Waals surface area contributed by atoms with Crippen molar-refractivity contribution in [1.82, 2.24) is 9.80 Å². The van der Waals surface area contributed by atoms with Crippen LogP contribution in [0.25, 0.3) is 0 Å². The molecule has 3 fully saturated rings. The Kier molecular flexibility index (Phi) is 4.37. The first-order chi connectivity index (χ1) is 13.6. The van der Waals surface area contributed by atoms with E-state index in [1.54, 1.807) is 7.11 Å². The van der Waals surface area contributed by atoms with Crippen molar-refractivity contribution in [2.24, 2.45) is 5.92 Å². The van der Waals surface area contributed by atoms with Crippen molar-refractivity contribution in [3.63, 3.8) is 0 Å². The molecular weight excluding hydrogens is 372 g/mol. The van der Waals surface area contributed by atoms with Crippen molar-refractivity contribution >= 4 is 17.5 Å². The van der Waals surface area contributed by atoms with E-state index in [0.29, 0.717) is 24.4 Å². The lowest BCUT2D eigenvalue weighted by molar-refractivity contribution is -0.137. The Morgan fingerprint density at radius 3 is 2.79 bits per heavy atom. The van der Waals surface area contributed by atoms with Crippen LogP contribution in [0.5, 0.6) is 5.75 Å². The Morgan fingerprint density at radius 2 is 2.04 bits per heavy atom. The molecule has 3 saturated heterocycles. The molecule has 3 atom stereocenters. The van der Waals surface area contributed by atoms with Crippen molar-refractivity contribution < 1.29 is 9.53 Å². The zero-order valence-electron chi connectivity index (χ0n) is 16.1. The molecule has 0 unspecified atom stereocenters. The zero-order chi connectivity index (χ0) is 19.3. The summed E-state index contributed by atoms with van der Waals surface area (Å²) in [6.07, 6.45) is 3.12. The molecule has 0 N–H and O–H groups in total. The van der Waals surface area contributed by atoms with E-state index in [1.165, 1.54) is 5.56 Å². The van der Waals surface area contributed by atoms with E-state index in [4.69, 9.17) is 16.3 Å². The number of halogens is 1.